The number of hydrogen-bond donors (Lipinski definition) is 1. The van der Waals surface area contributed by atoms with Crippen molar-refractivity contribution in [3.63, 3.8) is 0 Å². The minimum absolute atomic E-state index is 0.251. The highest BCUT2D eigenvalue weighted by Crippen LogP contribution is 2.20. The molecule has 29 heavy (non-hydrogen) atoms. The lowest BCUT2D eigenvalue weighted by Gasteiger charge is -2.10. The third-order valence-electron chi connectivity index (χ3n) is 4.87. The second-order valence-electron chi connectivity index (χ2n) is 7.17. The fourth-order valence-corrected chi connectivity index (χ4v) is 3.26. The quantitative estimate of drug-likeness (QED) is 0.484. The van der Waals surface area contributed by atoms with Crippen molar-refractivity contribution in [2.75, 3.05) is 5.32 Å². The molecule has 0 aliphatic carbocycles. The molecule has 1 N–H and O–H groups in total. The molecule has 0 saturated carbocycles. The molecule has 0 bridgehead atoms. The first-order valence-electron chi connectivity index (χ1n) is 9.53. The first-order valence-corrected chi connectivity index (χ1v) is 9.53. The van der Waals surface area contributed by atoms with Gasteiger partial charge in [-0.25, -0.2) is 4.99 Å². The van der Waals surface area contributed by atoms with Crippen LogP contribution in [0.2, 0.25) is 0 Å². The summed E-state index contributed by atoms with van der Waals surface area (Å²) in [5, 5.41) is 3.85. The third-order valence-corrected chi connectivity index (χ3v) is 4.87. The van der Waals surface area contributed by atoms with E-state index >= 15 is 0 Å². The predicted octanol–water partition coefficient (Wildman–Crippen LogP) is 5.84. The molecule has 4 rings (SSSR count). The van der Waals surface area contributed by atoms with Crippen LogP contribution in [-0.4, -0.2) is 5.91 Å². The van der Waals surface area contributed by atoms with Gasteiger partial charge in [0, 0.05) is 11.1 Å². The van der Waals surface area contributed by atoms with Gasteiger partial charge in [-0.05, 0) is 56.2 Å². The fourth-order valence-electron chi connectivity index (χ4n) is 3.26. The molecule has 3 aromatic carbocycles. The van der Waals surface area contributed by atoms with Gasteiger partial charge < -0.3 is 9.73 Å². The molecule has 0 atom stereocenters. The van der Waals surface area contributed by atoms with Gasteiger partial charge in [0.1, 0.15) is 11.1 Å². The number of nitrogens with one attached hydrogen (secondary N) is 1. The Balaban J connectivity index is 1.85. The van der Waals surface area contributed by atoms with Crippen molar-refractivity contribution in [1.29, 1.82) is 0 Å². The first kappa shape index (κ1) is 18.7. The highest BCUT2D eigenvalue weighted by molar-refractivity contribution is 6.05. The van der Waals surface area contributed by atoms with Crippen LogP contribution in [0, 0.1) is 20.8 Å². The highest BCUT2D eigenvalue weighted by Gasteiger charge is 2.14. The van der Waals surface area contributed by atoms with E-state index in [2.05, 4.69) is 10.3 Å². The summed E-state index contributed by atoms with van der Waals surface area (Å²) in [6, 6.07) is 23.1. The van der Waals surface area contributed by atoms with Gasteiger partial charge in [0.05, 0.1) is 5.69 Å². The largest absolute Gasteiger partial charge is 0.438 e. The zero-order valence-electron chi connectivity index (χ0n) is 16.7. The lowest BCUT2D eigenvalue weighted by molar-refractivity contribution is 0.102. The number of para-hydroxylation sites is 2. The lowest BCUT2D eigenvalue weighted by atomic mass is 10.1. The molecule has 4 aromatic rings. The molecule has 0 saturated heterocycles. The molecule has 0 fully saturated rings. The first-order chi connectivity index (χ1) is 14.0. The highest BCUT2D eigenvalue weighted by atomic mass is 16.3. The Labute approximate surface area is 169 Å². The zero-order valence-corrected chi connectivity index (χ0v) is 16.7. The van der Waals surface area contributed by atoms with Gasteiger partial charge >= 0.3 is 0 Å². The number of nitrogens with zero attached hydrogens (tertiary/aromatic N) is 1. The smallest absolute Gasteiger partial charge is 0.261 e. The number of carbonyl (C=O) groups is 1. The maximum Gasteiger partial charge on any atom is 0.261 e. The van der Waals surface area contributed by atoms with E-state index in [1.54, 1.807) is 0 Å². The summed E-state index contributed by atoms with van der Waals surface area (Å²) in [6.45, 7) is 5.99. The molecule has 4 nitrogen and oxygen atoms in total. The normalized spacial score (nSPS) is 11.6. The summed E-state index contributed by atoms with van der Waals surface area (Å²) >= 11 is 0. The number of aryl methyl sites for hydroxylation is 3. The summed E-state index contributed by atoms with van der Waals surface area (Å²) in [6.07, 6.45) is 0. The molecule has 1 heterocycles. The fraction of sp³-hybridized carbons (Fsp3) is 0.120. The molecule has 4 heteroatoms. The third kappa shape index (κ3) is 3.97. The summed E-state index contributed by atoms with van der Waals surface area (Å²) in [7, 11) is 0. The Kier molecular flexibility index (Phi) is 5.00. The predicted molar refractivity (Wildman–Crippen MR) is 116 cm³/mol. The van der Waals surface area contributed by atoms with Gasteiger partial charge in [-0.2, -0.15) is 0 Å². The zero-order chi connectivity index (χ0) is 20.4. The summed E-state index contributed by atoms with van der Waals surface area (Å²) < 4.78 is 6.03. The second kappa shape index (κ2) is 7.76. The molecular weight excluding hydrogens is 360 g/mol. The standard InChI is InChI=1S/C25H22N2O2/c1-16-12-13-22(18(3)14-16)26-24(28)20-15-19-9-5-7-11-23(19)29-25(20)27-21-10-6-4-8-17(21)2/h4-15H,1-3H3,(H,26,28). The Morgan fingerprint density at radius 3 is 2.41 bits per heavy atom. The van der Waals surface area contributed by atoms with Gasteiger partial charge in [0.2, 0.25) is 5.55 Å². The number of rotatable bonds is 3. The minimum atomic E-state index is -0.251. The van der Waals surface area contributed by atoms with Gasteiger partial charge in [-0.1, -0.05) is 54.1 Å². The van der Waals surface area contributed by atoms with E-state index < -0.39 is 0 Å². The lowest BCUT2D eigenvalue weighted by Crippen LogP contribution is -2.22. The average Bonchev–Trinajstić information content (AvgIpc) is 2.71. The Morgan fingerprint density at radius 2 is 1.62 bits per heavy atom. The van der Waals surface area contributed by atoms with Crippen LogP contribution in [0.4, 0.5) is 11.4 Å². The summed E-state index contributed by atoms with van der Waals surface area (Å²) in [5.41, 5.74) is 6.08. The van der Waals surface area contributed by atoms with E-state index in [0.29, 0.717) is 16.7 Å². The second-order valence-corrected chi connectivity index (χ2v) is 7.17. The van der Waals surface area contributed by atoms with Crippen molar-refractivity contribution >= 4 is 28.3 Å². The van der Waals surface area contributed by atoms with Crippen LogP contribution in [-0.2, 0) is 0 Å². The maximum atomic E-state index is 13.2. The van der Waals surface area contributed by atoms with Gasteiger partial charge in [0.15, 0.2) is 0 Å². The van der Waals surface area contributed by atoms with Crippen LogP contribution in [0.25, 0.3) is 11.0 Å². The SMILES string of the molecule is Cc1ccc(NC(=O)c2cc3ccccc3oc2=Nc2ccccc2C)c(C)c1. The number of benzene rings is 3. The molecule has 1 amide bonds. The van der Waals surface area contributed by atoms with Crippen molar-refractivity contribution in [3.05, 3.63) is 101 Å². The van der Waals surface area contributed by atoms with E-state index in [1.807, 2.05) is 93.6 Å². The van der Waals surface area contributed by atoms with E-state index in [1.165, 1.54) is 0 Å². The van der Waals surface area contributed by atoms with Crippen molar-refractivity contribution in [3.8, 4) is 0 Å². The van der Waals surface area contributed by atoms with Crippen LogP contribution in [0.5, 0.6) is 0 Å². The Bertz CT molecular complexity index is 1290. The number of amides is 1. The average molecular weight is 382 g/mol. The van der Waals surface area contributed by atoms with E-state index in [-0.39, 0.29) is 5.91 Å². The molecule has 0 spiro atoms. The number of hydrogen-bond acceptors (Lipinski definition) is 3. The topological polar surface area (TPSA) is 54.6 Å². The molecule has 144 valence electrons. The molecule has 0 radical (unpaired) electrons. The van der Waals surface area contributed by atoms with Gasteiger partial charge in [-0.3, -0.25) is 4.79 Å². The monoisotopic (exact) mass is 382 g/mol. The Hall–Kier alpha value is -3.66. The van der Waals surface area contributed by atoms with Crippen LogP contribution >= 0.6 is 0 Å². The minimum Gasteiger partial charge on any atom is -0.438 e. The molecule has 1 aromatic heterocycles. The Morgan fingerprint density at radius 1 is 0.862 bits per heavy atom. The number of fused-ring (bicyclic) bond motifs is 1. The summed E-state index contributed by atoms with van der Waals surface area (Å²) in [5.74, 6) is -0.251. The number of anilines is 1. The summed E-state index contributed by atoms with van der Waals surface area (Å²) in [4.78, 5) is 17.8. The van der Waals surface area contributed by atoms with E-state index in [0.717, 1.165) is 33.5 Å². The van der Waals surface area contributed by atoms with Crippen LogP contribution < -0.4 is 10.9 Å². The molecule has 0 aliphatic heterocycles. The van der Waals surface area contributed by atoms with Gasteiger partial charge in [-0.15, -0.1) is 0 Å². The van der Waals surface area contributed by atoms with Crippen LogP contribution in [0.15, 0.2) is 82.2 Å². The van der Waals surface area contributed by atoms with Crippen LogP contribution in [0.3, 0.4) is 0 Å². The van der Waals surface area contributed by atoms with Crippen molar-refractivity contribution in [2.24, 2.45) is 4.99 Å². The number of carbonyl (C=O) groups excluding carboxylic acids is 1. The molecule has 0 aliphatic rings. The van der Waals surface area contributed by atoms with Crippen molar-refractivity contribution in [1.82, 2.24) is 0 Å². The van der Waals surface area contributed by atoms with Gasteiger partial charge in [0.25, 0.3) is 5.91 Å². The molecule has 0 unspecified atom stereocenters. The van der Waals surface area contributed by atoms with Crippen LogP contribution in [0.1, 0.15) is 27.0 Å². The maximum absolute atomic E-state index is 13.2. The molecular formula is C25H22N2O2. The van der Waals surface area contributed by atoms with Crippen molar-refractivity contribution in [2.45, 2.75) is 20.8 Å². The van der Waals surface area contributed by atoms with Crippen molar-refractivity contribution < 1.29 is 9.21 Å². The van der Waals surface area contributed by atoms with E-state index in [9.17, 15) is 4.79 Å². The van der Waals surface area contributed by atoms with E-state index in [4.69, 9.17) is 4.42 Å².